The predicted molar refractivity (Wildman–Crippen MR) is 188 cm³/mol. The molecule has 0 spiro atoms. The Morgan fingerprint density at radius 3 is 2.43 bits per heavy atom. The van der Waals surface area contributed by atoms with E-state index in [1.54, 1.807) is 12.1 Å². The van der Waals surface area contributed by atoms with E-state index in [4.69, 9.17) is 5.73 Å². The summed E-state index contributed by atoms with van der Waals surface area (Å²) in [5.74, 6) is -6.01. The van der Waals surface area contributed by atoms with Crippen molar-refractivity contribution in [3.63, 3.8) is 0 Å². The van der Waals surface area contributed by atoms with Crippen LogP contribution in [0, 0.1) is 4.91 Å². The highest BCUT2D eigenvalue weighted by Gasteiger charge is 2.41. The molecule has 1 aromatic carbocycles. The van der Waals surface area contributed by atoms with Crippen molar-refractivity contribution in [2.24, 2.45) is 10.9 Å². The number of amides is 6. The maximum Gasteiger partial charge on any atom is 0.326 e. The molecule has 1 fully saturated rings. The molecule has 20 nitrogen and oxygen atoms in total. The van der Waals surface area contributed by atoms with Gasteiger partial charge in [-0.3, -0.25) is 28.8 Å². The van der Waals surface area contributed by atoms with Crippen LogP contribution < -0.4 is 32.3 Å². The fourth-order valence-corrected chi connectivity index (χ4v) is 7.16. The Labute approximate surface area is 306 Å². The van der Waals surface area contributed by atoms with Crippen molar-refractivity contribution in [3.8, 4) is 0 Å². The van der Waals surface area contributed by atoms with Gasteiger partial charge in [-0.1, -0.05) is 23.4 Å². The van der Waals surface area contributed by atoms with Crippen molar-refractivity contribution in [1.29, 1.82) is 0 Å². The van der Waals surface area contributed by atoms with E-state index in [2.05, 4.69) is 36.7 Å². The van der Waals surface area contributed by atoms with Crippen LogP contribution in [-0.2, 0) is 40.0 Å². The quantitative estimate of drug-likeness (QED) is 0.113. The van der Waals surface area contributed by atoms with Crippen LogP contribution in [0.2, 0.25) is 0 Å². The van der Waals surface area contributed by atoms with Gasteiger partial charge in [-0.25, -0.2) is 4.79 Å². The summed E-state index contributed by atoms with van der Waals surface area (Å²) in [4.78, 5) is 105. The third-order valence-corrected chi connectivity index (χ3v) is 9.88. The van der Waals surface area contributed by atoms with Crippen LogP contribution in [0.1, 0.15) is 31.7 Å². The van der Waals surface area contributed by atoms with E-state index in [0.717, 1.165) is 10.3 Å². The van der Waals surface area contributed by atoms with Crippen LogP contribution in [0.15, 0.2) is 34.5 Å². The first kappa shape index (κ1) is 40.6. The minimum atomic E-state index is -1.49. The maximum absolute atomic E-state index is 13.5. The highest BCUT2D eigenvalue weighted by atomic mass is 32.2. The molecular weight excluding hydrogens is 718 g/mol. The predicted octanol–water partition coefficient (Wildman–Crippen LogP) is -3.20. The van der Waals surface area contributed by atoms with Gasteiger partial charge in [-0.05, 0) is 31.4 Å². The smallest absolute Gasteiger partial charge is 0.326 e. The number of thioether (sulfide) groups is 1. The third kappa shape index (κ3) is 10.9. The molecule has 288 valence electrons. The van der Waals surface area contributed by atoms with Crippen LogP contribution in [0.3, 0.4) is 0 Å². The number of nitrogens with zero attached hydrogens (tertiary/aromatic N) is 2. The average Bonchev–Trinajstić information content (AvgIpc) is 3.68. The number of H-pyrrole nitrogens is 1. The van der Waals surface area contributed by atoms with Crippen molar-refractivity contribution >= 4 is 64.1 Å². The fourth-order valence-electron chi connectivity index (χ4n) is 6.04. The molecule has 0 saturated carbocycles. The lowest BCUT2D eigenvalue weighted by atomic mass is 10.0. The molecule has 1 aromatic heterocycles. The van der Waals surface area contributed by atoms with Crippen molar-refractivity contribution in [1.82, 2.24) is 36.5 Å². The number of hydrogen-bond acceptors (Lipinski definition) is 13. The van der Waals surface area contributed by atoms with E-state index < -0.39 is 110 Å². The number of aliphatic hydroxyl groups is 2. The molecule has 1 saturated heterocycles. The number of nitrogens with two attached hydrogens (primary N) is 1. The number of aliphatic hydroxyl groups excluding tert-OH is 2. The molecule has 4 rings (SSSR count). The molecule has 3 heterocycles. The summed E-state index contributed by atoms with van der Waals surface area (Å²) >= 11 is 1.19. The summed E-state index contributed by atoms with van der Waals surface area (Å²) in [6, 6.07) is 0.918. The number of hydrogen-bond donors (Lipinski definition) is 10. The fraction of sp³-hybridized carbons (Fsp3) is 0.531. The largest absolute Gasteiger partial charge is 0.480 e. The Bertz CT molecular complexity index is 1720. The number of carbonyl (C=O) groups excluding carboxylic acids is 6. The van der Waals surface area contributed by atoms with Crippen LogP contribution in [0.5, 0.6) is 0 Å². The Kier molecular flexibility index (Phi) is 14.2. The van der Waals surface area contributed by atoms with Gasteiger partial charge < -0.3 is 57.5 Å². The highest BCUT2D eigenvalue weighted by molar-refractivity contribution is 7.99. The number of nitrogens with one attached hydrogen (secondary N) is 6. The van der Waals surface area contributed by atoms with Crippen molar-refractivity contribution in [2.75, 3.05) is 31.9 Å². The van der Waals surface area contributed by atoms with Gasteiger partial charge in [0.2, 0.25) is 35.4 Å². The molecule has 0 unspecified atom stereocenters. The number of likely N-dealkylation sites (tertiary alicyclic amines) is 1. The van der Waals surface area contributed by atoms with Crippen LogP contribution in [0.25, 0.3) is 10.9 Å². The van der Waals surface area contributed by atoms with Crippen LogP contribution in [-0.4, -0.2) is 141 Å². The summed E-state index contributed by atoms with van der Waals surface area (Å²) in [6.45, 7) is -0.606. The SMILES string of the molecule is C[C@@H](O)[C@@H]1NC(=O)CNC(=O)[C@@H](N)Cc2c([nH]c3ccccc23)SC[C@@H](CC(=O)N[C@@H](CCN=O)C(=O)N2C[C@H](O)C[C@H]2C(=O)O)NC(=O)CNC1=O. The van der Waals surface area contributed by atoms with Crippen LogP contribution in [0.4, 0.5) is 0 Å². The van der Waals surface area contributed by atoms with E-state index in [-0.39, 0.29) is 31.6 Å². The first-order valence-corrected chi connectivity index (χ1v) is 17.8. The number of aromatic amines is 1. The zero-order chi connectivity index (χ0) is 38.8. The lowest BCUT2D eigenvalue weighted by Gasteiger charge is -2.27. The number of aromatic nitrogens is 1. The molecule has 0 aliphatic carbocycles. The van der Waals surface area contributed by atoms with Crippen molar-refractivity contribution in [3.05, 3.63) is 34.7 Å². The standard InChI is InChI=1S/C32H43N9O11S/c1-15(42)27-29(48)35-11-25(45)37-16(8-24(44)38-22(6-7-36-52)31(49)41-13-17(43)9-23(41)32(50)51)14-53-30-19(18-4-2-3-5-21(18)39-30)10-20(33)28(47)34-12-26(46)40-27/h2-5,15-17,20,22-23,27,39,42-43H,6-14,33H2,1H3,(H,34,47)(H,35,48)(H,37,45)(H,38,44)(H,40,46)(H,50,51)/t15-,16-,17-,20+,22+,23+,27+/m1/s1. The Balaban J connectivity index is 1.60. The molecule has 2 aliphatic heterocycles. The number of nitroso groups, excluding NO2 is 1. The molecule has 0 radical (unpaired) electrons. The molecule has 2 aromatic rings. The number of carboxylic acids is 1. The van der Waals surface area contributed by atoms with Gasteiger partial charge >= 0.3 is 5.97 Å². The molecule has 6 amide bonds. The van der Waals surface area contributed by atoms with E-state index >= 15 is 0 Å². The summed E-state index contributed by atoms with van der Waals surface area (Å²) in [5.41, 5.74) is 7.62. The van der Waals surface area contributed by atoms with E-state index in [1.807, 2.05) is 12.1 Å². The molecule has 21 heteroatoms. The van der Waals surface area contributed by atoms with Crippen molar-refractivity contribution < 1.29 is 48.9 Å². The molecule has 7 atom stereocenters. The molecule has 2 aliphatic rings. The number of carboxylic acid groups (broad SMARTS) is 1. The first-order chi connectivity index (χ1) is 25.2. The molecule has 0 bridgehead atoms. The third-order valence-electron chi connectivity index (χ3n) is 8.68. The second-order valence-corrected chi connectivity index (χ2v) is 13.8. The number of fused-ring (bicyclic) bond motifs is 3. The molecule has 11 N–H and O–H groups in total. The number of para-hydroxylation sites is 1. The van der Waals surface area contributed by atoms with E-state index in [0.29, 0.717) is 16.1 Å². The van der Waals surface area contributed by atoms with Crippen molar-refractivity contribution in [2.45, 2.75) is 80.1 Å². The second-order valence-electron chi connectivity index (χ2n) is 12.8. The topological polar surface area (TPSA) is 315 Å². The Morgan fingerprint density at radius 1 is 1.08 bits per heavy atom. The molecular formula is C32H43N9O11S. The molecule has 53 heavy (non-hydrogen) atoms. The van der Waals surface area contributed by atoms with Gasteiger partial charge in [-0.15, -0.1) is 11.8 Å². The Morgan fingerprint density at radius 2 is 1.75 bits per heavy atom. The second kappa shape index (κ2) is 18.6. The number of carbonyl (C=O) groups is 7. The normalized spacial score (nSPS) is 24.7. The van der Waals surface area contributed by atoms with E-state index in [9.17, 15) is 53.8 Å². The van der Waals surface area contributed by atoms with E-state index in [1.165, 1.54) is 18.7 Å². The summed E-state index contributed by atoms with van der Waals surface area (Å²) in [7, 11) is 0. The number of benzene rings is 1. The number of aliphatic carboxylic acids is 1. The number of rotatable bonds is 9. The Hall–Kier alpha value is -5.12. The first-order valence-electron chi connectivity index (χ1n) is 16.8. The summed E-state index contributed by atoms with van der Waals surface area (Å²) in [6.07, 6.45) is -3.39. The van der Waals surface area contributed by atoms with Gasteiger partial charge in [-0.2, -0.15) is 4.91 Å². The lowest BCUT2D eigenvalue weighted by molar-refractivity contribution is -0.149. The average molecular weight is 762 g/mol. The van der Waals surface area contributed by atoms with Crippen LogP contribution >= 0.6 is 11.8 Å². The van der Waals surface area contributed by atoms with Gasteiger partial charge in [0.15, 0.2) is 0 Å². The minimum Gasteiger partial charge on any atom is -0.480 e. The van der Waals surface area contributed by atoms with Gasteiger partial charge in [0, 0.05) is 42.1 Å². The summed E-state index contributed by atoms with van der Waals surface area (Å²) < 4.78 is 0. The van der Waals surface area contributed by atoms with Gasteiger partial charge in [0.05, 0.1) is 42.9 Å². The van der Waals surface area contributed by atoms with Gasteiger partial charge in [0.1, 0.15) is 18.1 Å². The zero-order valence-electron chi connectivity index (χ0n) is 28.7. The monoisotopic (exact) mass is 761 g/mol. The summed E-state index contributed by atoms with van der Waals surface area (Å²) in [5, 5.41) is 46.1. The van der Waals surface area contributed by atoms with Gasteiger partial charge in [0.25, 0.3) is 0 Å². The maximum atomic E-state index is 13.5. The lowest BCUT2D eigenvalue weighted by Crippen LogP contribution is -2.56. The zero-order valence-corrected chi connectivity index (χ0v) is 29.5. The minimum absolute atomic E-state index is 0.0209. The highest BCUT2D eigenvalue weighted by Crippen LogP contribution is 2.31. The number of β-amino-alcohol motifs (C(OH)–C–C–N with tert-alkyl or cyclic N) is 1.